The summed E-state index contributed by atoms with van der Waals surface area (Å²) in [6, 6.07) is 31.0. The van der Waals surface area contributed by atoms with Gasteiger partial charge in [-0.15, -0.1) is 0 Å². The van der Waals surface area contributed by atoms with Crippen LogP contribution >= 0.6 is 10.3 Å². The lowest BCUT2D eigenvalue weighted by Crippen LogP contribution is -2.14. The van der Waals surface area contributed by atoms with Crippen molar-refractivity contribution in [3.05, 3.63) is 109 Å². The molecule has 0 spiro atoms. The molecule has 0 fully saturated rings. The maximum Gasteiger partial charge on any atom is 0.353 e. The number of phenolic OH excluding ortho intramolecular Hbond substituents is 1. The van der Waals surface area contributed by atoms with Crippen molar-refractivity contribution in [2.75, 3.05) is 14.2 Å². The van der Waals surface area contributed by atoms with E-state index >= 15 is 0 Å². The number of rotatable bonds is 7. The second-order valence-corrected chi connectivity index (χ2v) is 9.80. The smallest absolute Gasteiger partial charge is 0.353 e. The molecule has 0 aliphatic carbocycles. The van der Waals surface area contributed by atoms with Crippen LogP contribution in [0.4, 0.5) is 0 Å². The van der Waals surface area contributed by atoms with Crippen LogP contribution in [0.3, 0.4) is 0 Å². The Labute approximate surface area is 194 Å². The summed E-state index contributed by atoms with van der Waals surface area (Å²) in [6.07, 6.45) is 0. The van der Waals surface area contributed by atoms with Crippen LogP contribution in [0, 0.1) is 0 Å². The summed E-state index contributed by atoms with van der Waals surface area (Å²) in [7, 11) is 0.692. The van der Waals surface area contributed by atoms with Crippen molar-refractivity contribution in [1.29, 1.82) is 0 Å². The third-order valence-electron chi connectivity index (χ3n) is 5.18. The van der Waals surface area contributed by atoms with Crippen LogP contribution in [0.1, 0.15) is 10.4 Å². The van der Waals surface area contributed by atoms with Crippen molar-refractivity contribution < 1.29 is 23.6 Å². The van der Waals surface area contributed by atoms with Gasteiger partial charge < -0.3 is 18.8 Å². The highest BCUT2D eigenvalue weighted by molar-refractivity contribution is 8.30. The normalized spacial score (nSPS) is 11.5. The van der Waals surface area contributed by atoms with E-state index in [0.29, 0.717) is 11.5 Å². The largest absolute Gasteiger partial charge is 0.507 e. The number of para-hydroxylation sites is 1. The van der Waals surface area contributed by atoms with Crippen LogP contribution in [0.15, 0.2) is 118 Å². The van der Waals surface area contributed by atoms with Gasteiger partial charge in [0, 0.05) is 14.7 Å². The summed E-state index contributed by atoms with van der Waals surface area (Å²) in [4.78, 5) is 15.9. The van der Waals surface area contributed by atoms with E-state index in [-0.39, 0.29) is 11.3 Å². The number of phenols is 1. The van der Waals surface area contributed by atoms with Gasteiger partial charge in [0.15, 0.2) is 0 Å². The molecule has 4 aromatic carbocycles. The third-order valence-corrected chi connectivity index (χ3v) is 8.39. The summed E-state index contributed by atoms with van der Waals surface area (Å²) in [5.41, 5.74) is 0.104. The molecule has 0 amide bonds. The van der Waals surface area contributed by atoms with E-state index in [2.05, 4.69) is 0 Å². The summed E-state index contributed by atoms with van der Waals surface area (Å²) in [5, 5.41) is 10.3. The van der Waals surface area contributed by atoms with Gasteiger partial charge in [-0.1, -0.05) is 30.3 Å². The number of hydrogen-bond donors (Lipinski definition) is 1. The lowest BCUT2D eigenvalue weighted by molar-refractivity contribution is 0.0754. The molecule has 0 saturated heterocycles. The van der Waals surface area contributed by atoms with Crippen molar-refractivity contribution in [2.45, 2.75) is 14.7 Å². The Morgan fingerprint density at radius 1 is 0.636 bits per heavy atom. The summed E-state index contributed by atoms with van der Waals surface area (Å²) < 4.78 is 17.1. The van der Waals surface area contributed by atoms with Crippen LogP contribution in [-0.4, -0.2) is 25.3 Å². The van der Waals surface area contributed by atoms with Gasteiger partial charge in [-0.25, -0.2) is 4.79 Å². The highest BCUT2D eigenvalue weighted by Gasteiger charge is 2.36. The van der Waals surface area contributed by atoms with Gasteiger partial charge in [0.25, 0.3) is 0 Å². The van der Waals surface area contributed by atoms with Crippen molar-refractivity contribution in [3.8, 4) is 17.2 Å². The first-order chi connectivity index (χ1) is 16.1. The molecule has 0 aliphatic rings. The molecule has 4 aromatic rings. The lowest BCUT2D eigenvalue weighted by atomic mass is 10.2. The Kier molecular flexibility index (Phi) is 6.56. The monoisotopic (exact) mass is 460 g/mol. The van der Waals surface area contributed by atoms with Crippen LogP contribution in [0.5, 0.6) is 17.2 Å². The average molecular weight is 461 g/mol. The Balaban J connectivity index is 1.96. The molecule has 0 heterocycles. The molecule has 0 unspecified atom stereocenters. The minimum Gasteiger partial charge on any atom is -0.507 e. The van der Waals surface area contributed by atoms with E-state index in [1.807, 2.05) is 78.9 Å². The fourth-order valence-corrected chi connectivity index (χ4v) is 6.51. The number of ether oxygens (including phenoxy) is 2. The number of benzene rings is 4. The van der Waals surface area contributed by atoms with Gasteiger partial charge >= 0.3 is 5.97 Å². The predicted octanol–water partition coefficient (Wildman–Crippen LogP) is 6.46. The fourth-order valence-electron chi connectivity index (χ4n) is 3.50. The number of carbonyl (C=O) groups excluding carboxylic acids is 1. The fraction of sp³-hybridized carbons (Fsp3) is 0.0741. The Morgan fingerprint density at radius 3 is 1.58 bits per heavy atom. The standard InChI is InChI=1S/C27H24O5S/c1-30-20-12-16-23(17-13-20)33(22-8-4-3-5-9-22,24-18-14-21(31-2)15-19-24)32-27(29)25-10-6-7-11-26(25)28/h3-19,28H,1-2H3. The average Bonchev–Trinajstić information content (AvgIpc) is 2.88. The molecule has 0 radical (unpaired) electrons. The van der Waals surface area contributed by atoms with Gasteiger partial charge in [0.1, 0.15) is 22.8 Å². The highest BCUT2D eigenvalue weighted by atomic mass is 32.3. The van der Waals surface area contributed by atoms with Crippen LogP contribution in [0.25, 0.3) is 0 Å². The van der Waals surface area contributed by atoms with Crippen molar-refractivity contribution >= 4 is 16.3 Å². The van der Waals surface area contributed by atoms with Gasteiger partial charge in [-0.3, -0.25) is 0 Å². The number of aromatic hydroxyl groups is 1. The first kappa shape index (κ1) is 22.3. The Morgan fingerprint density at radius 2 is 1.09 bits per heavy atom. The molecule has 168 valence electrons. The van der Waals surface area contributed by atoms with Gasteiger partial charge in [0.05, 0.1) is 14.2 Å². The van der Waals surface area contributed by atoms with Gasteiger partial charge in [-0.05, 0) is 83.1 Å². The number of carbonyl (C=O) groups is 1. The van der Waals surface area contributed by atoms with E-state index < -0.39 is 16.3 Å². The molecule has 0 aliphatic heterocycles. The SMILES string of the molecule is COc1ccc(S(OC(=O)c2ccccc2O)(c2ccccc2)c2ccc(OC)cc2)cc1. The minimum atomic E-state index is -2.52. The van der Waals surface area contributed by atoms with E-state index in [1.54, 1.807) is 32.4 Å². The van der Waals surface area contributed by atoms with Crippen molar-refractivity contribution in [2.24, 2.45) is 0 Å². The molecule has 0 bridgehead atoms. The zero-order chi connectivity index (χ0) is 23.3. The molecule has 1 N–H and O–H groups in total. The van der Waals surface area contributed by atoms with Crippen molar-refractivity contribution in [3.63, 3.8) is 0 Å². The first-order valence-corrected chi connectivity index (χ1v) is 11.8. The molecule has 0 saturated carbocycles. The minimum absolute atomic E-state index is 0.104. The predicted molar refractivity (Wildman–Crippen MR) is 128 cm³/mol. The second-order valence-electron chi connectivity index (χ2n) is 7.11. The highest BCUT2D eigenvalue weighted by Crippen LogP contribution is 2.69. The lowest BCUT2D eigenvalue weighted by Gasteiger charge is -2.39. The number of methoxy groups -OCH3 is 2. The summed E-state index contributed by atoms with van der Waals surface area (Å²) in [5.74, 6) is 0.649. The van der Waals surface area contributed by atoms with E-state index in [1.165, 1.54) is 6.07 Å². The molecule has 33 heavy (non-hydrogen) atoms. The van der Waals surface area contributed by atoms with Crippen LogP contribution in [0.2, 0.25) is 0 Å². The third kappa shape index (κ3) is 4.38. The second kappa shape index (κ2) is 9.71. The first-order valence-electron chi connectivity index (χ1n) is 10.3. The summed E-state index contributed by atoms with van der Waals surface area (Å²) >= 11 is 0. The zero-order valence-corrected chi connectivity index (χ0v) is 19.1. The molecule has 4 rings (SSSR count). The van der Waals surface area contributed by atoms with E-state index in [4.69, 9.17) is 13.7 Å². The van der Waals surface area contributed by atoms with E-state index in [0.717, 1.165) is 14.7 Å². The molecular formula is C27H24O5S. The Bertz CT molecular complexity index is 1170. The van der Waals surface area contributed by atoms with Gasteiger partial charge in [-0.2, -0.15) is 0 Å². The van der Waals surface area contributed by atoms with Crippen molar-refractivity contribution in [1.82, 2.24) is 0 Å². The topological polar surface area (TPSA) is 65.0 Å². The van der Waals surface area contributed by atoms with Crippen LogP contribution < -0.4 is 9.47 Å². The zero-order valence-electron chi connectivity index (χ0n) is 18.3. The number of hydrogen-bond acceptors (Lipinski definition) is 5. The molecule has 5 nitrogen and oxygen atoms in total. The molecule has 0 atom stereocenters. The van der Waals surface area contributed by atoms with Crippen LogP contribution in [-0.2, 0) is 4.18 Å². The maximum atomic E-state index is 13.4. The van der Waals surface area contributed by atoms with Gasteiger partial charge in [0.2, 0.25) is 0 Å². The Hall–Kier alpha value is -3.90. The quantitative estimate of drug-likeness (QED) is 0.343. The molecule has 6 heteroatoms. The molecular weight excluding hydrogens is 436 g/mol. The van der Waals surface area contributed by atoms with E-state index in [9.17, 15) is 9.90 Å². The summed E-state index contributed by atoms with van der Waals surface area (Å²) in [6.45, 7) is 0. The molecule has 0 aromatic heterocycles. The maximum absolute atomic E-state index is 13.4.